The van der Waals surface area contributed by atoms with Gasteiger partial charge in [0, 0.05) is 45.3 Å². The molecule has 3 heterocycles. The van der Waals surface area contributed by atoms with Crippen molar-refractivity contribution in [2.24, 2.45) is 0 Å². The second kappa shape index (κ2) is 8.21. The Balaban J connectivity index is 1.48. The van der Waals surface area contributed by atoms with Crippen LogP contribution in [-0.4, -0.2) is 75.2 Å². The number of morpholine rings is 1. The van der Waals surface area contributed by atoms with Crippen molar-refractivity contribution in [2.75, 3.05) is 62.3 Å². The molecule has 0 saturated carbocycles. The van der Waals surface area contributed by atoms with E-state index in [9.17, 15) is 12.8 Å². The largest absolute Gasteiger partial charge is 0.378 e. The second-order valence-corrected chi connectivity index (χ2v) is 8.96. The first-order valence-corrected chi connectivity index (χ1v) is 11.1. The van der Waals surface area contributed by atoms with E-state index in [0.29, 0.717) is 32.1 Å². The lowest BCUT2D eigenvalue weighted by molar-refractivity contribution is 0.122. The number of ether oxygens (including phenoxy) is 1. The van der Waals surface area contributed by atoms with E-state index < -0.39 is 15.8 Å². The van der Waals surface area contributed by atoms with Gasteiger partial charge in [0.1, 0.15) is 28.2 Å². The van der Waals surface area contributed by atoms with Crippen LogP contribution in [0.1, 0.15) is 5.82 Å². The molecule has 0 N–H and O–H groups in total. The Labute approximate surface area is 170 Å². The maximum absolute atomic E-state index is 14.0. The predicted molar refractivity (Wildman–Crippen MR) is 107 cm³/mol. The highest BCUT2D eigenvalue weighted by Gasteiger charge is 2.31. The van der Waals surface area contributed by atoms with Gasteiger partial charge in [0.15, 0.2) is 0 Å². The summed E-state index contributed by atoms with van der Waals surface area (Å²) in [4.78, 5) is 13.0. The second-order valence-electron chi connectivity index (χ2n) is 7.05. The monoisotopic (exact) mass is 421 g/mol. The number of hydrogen-bond acceptors (Lipinski definition) is 7. The number of aromatic nitrogens is 2. The molecule has 10 heteroatoms. The summed E-state index contributed by atoms with van der Waals surface area (Å²) in [7, 11) is -3.85. The number of nitrogens with zero attached hydrogens (tertiary/aromatic N) is 5. The molecule has 0 unspecified atom stereocenters. The molecule has 1 aromatic heterocycles. The predicted octanol–water partition coefficient (Wildman–Crippen LogP) is 1.27. The van der Waals surface area contributed by atoms with Crippen molar-refractivity contribution in [2.45, 2.75) is 11.8 Å². The van der Waals surface area contributed by atoms with Crippen LogP contribution in [0.15, 0.2) is 35.2 Å². The lowest BCUT2D eigenvalue weighted by Gasteiger charge is -2.35. The van der Waals surface area contributed by atoms with Crippen LogP contribution in [0.2, 0.25) is 0 Å². The van der Waals surface area contributed by atoms with Gasteiger partial charge in [0.05, 0.1) is 13.2 Å². The van der Waals surface area contributed by atoms with Crippen molar-refractivity contribution in [3.05, 3.63) is 42.0 Å². The molecule has 29 heavy (non-hydrogen) atoms. The molecule has 156 valence electrons. The van der Waals surface area contributed by atoms with E-state index in [-0.39, 0.29) is 18.0 Å². The Morgan fingerprint density at radius 3 is 2.14 bits per heavy atom. The highest BCUT2D eigenvalue weighted by Crippen LogP contribution is 2.24. The molecule has 4 rings (SSSR count). The number of aryl methyl sites for hydroxylation is 1. The average molecular weight is 421 g/mol. The fraction of sp³-hybridized carbons (Fsp3) is 0.474. The first-order valence-electron chi connectivity index (χ1n) is 9.63. The SMILES string of the molecule is Cc1nc(N2CCOCC2)cc(N2CCN(S(=O)(=O)c3ccccc3F)CC2)n1. The zero-order chi connectivity index (χ0) is 20.4. The van der Waals surface area contributed by atoms with Crippen molar-refractivity contribution in [3.63, 3.8) is 0 Å². The lowest BCUT2D eigenvalue weighted by Crippen LogP contribution is -2.49. The maximum atomic E-state index is 14.0. The summed E-state index contributed by atoms with van der Waals surface area (Å²) in [6, 6.07) is 7.43. The summed E-state index contributed by atoms with van der Waals surface area (Å²) in [5.74, 6) is 1.58. The molecule has 0 atom stereocenters. The van der Waals surface area contributed by atoms with Gasteiger partial charge in [-0.1, -0.05) is 12.1 Å². The van der Waals surface area contributed by atoms with E-state index in [2.05, 4.69) is 14.9 Å². The summed E-state index contributed by atoms with van der Waals surface area (Å²) in [5.41, 5.74) is 0. The van der Waals surface area contributed by atoms with Gasteiger partial charge in [-0.2, -0.15) is 4.31 Å². The fourth-order valence-corrected chi connectivity index (χ4v) is 5.09. The van der Waals surface area contributed by atoms with Gasteiger partial charge in [0.2, 0.25) is 10.0 Å². The van der Waals surface area contributed by atoms with Crippen LogP contribution >= 0.6 is 0 Å². The molecule has 2 aliphatic heterocycles. The van der Waals surface area contributed by atoms with Gasteiger partial charge in [0.25, 0.3) is 0 Å². The summed E-state index contributed by atoms with van der Waals surface area (Å²) in [5, 5.41) is 0. The molecule has 2 fully saturated rings. The number of rotatable bonds is 4. The topological polar surface area (TPSA) is 78.9 Å². The molecule has 2 aliphatic rings. The Morgan fingerprint density at radius 2 is 1.52 bits per heavy atom. The van der Waals surface area contributed by atoms with Crippen LogP contribution in [0.5, 0.6) is 0 Å². The third kappa shape index (κ3) is 4.19. The molecule has 0 amide bonds. The minimum atomic E-state index is -3.85. The van der Waals surface area contributed by atoms with E-state index in [4.69, 9.17) is 4.74 Å². The van der Waals surface area contributed by atoms with Crippen molar-refractivity contribution < 1.29 is 17.5 Å². The first-order chi connectivity index (χ1) is 13.9. The zero-order valence-corrected chi connectivity index (χ0v) is 17.1. The van der Waals surface area contributed by atoms with Crippen molar-refractivity contribution >= 4 is 21.7 Å². The fourth-order valence-electron chi connectivity index (χ4n) is 3.60. The van der Waals surface area contributed by atoms with Gasteiger partial charge in [-0.25, -0.2) is 22.8 Å². The number of piperazine rings is 1. The molecule has 0 radical (unpaired) electrons. The Hall–Kier alpha value is -2.30. The molecule has 0 spiro atoms. The molecule has 0 bridgehead atoms. The average Bonchev–Trinajstić information content (AvgIpc) is 2.74. The maximum Gasteiger partial charge on any atom is 0.246 e. The van der Waals surface area contributed by atoms with Crippen LogP contribution in [0.3, 0.4) is 0 Å². The van der Waals surface area contributed by atoms with Gasteiger partial charge in [-0.05, 0) is 19.1 Å². The van der Waals surface area contributed by atoms with Crippen LogP contribution < -0.4 is 9.80 Å². The number of hydrogen-bond donors (Lipinski definition) is 0. The zero-order valence-electron chi connectivity index (χ0n) is 16.3. The van der Waals surface area contributed by atoms with Crippen LogP contribution in [0.25, 0.3) is 0 Å². The van der Waals surface area contributed by atoms with Crippen molar-refractivity contribution in [3.8, 4) is 0 Å². The Morgan fingerprint density at radius 1 is 0.931 bits per heavy atom. The van der Waals surface area contributed by atoms with Crippen LogP contribution in [0.4, 0.5) is 16.0 Å². The number of sulfonamides is 1. The first kappa shape index (κ1) is 20.0. The molecule has 2 aromatic rings. The smallest absolute Gasteiger partial charge is 0.246 e. The van der Waals surface area contributed by atoms with Crippen LogP contribution in [-0.2, 0) is 14.8 Å². The highest BCUT2D eigenvalue weighted by atomic mass is 32.2. The van der Waals surface area contributed by atoms with Crippen LogP contribution in [0, 0.1) is 12.7 Å². The van der Waals surface area contributed by atoms with Gasteiger partial charge < -0.3 is 14.5 Å². The molecular formula is C19H24FN5O3S. The van der Waals surface area contributed by atoms with Gasteiger partial charge in [-0.3, -0.25) is 0 Å². The normalized spacial score (nSPS) is 18.8. The standard InChI is InChI=1S/C19H24FN5O3S/c1-15-21-18(14-19(22-15)24-10-12-28-13-11-24)23-6-8-25(9-7-23)29(26,27)17-5-3-2-4-16(17)20/h2-5,14H,6-13H2,1H3. The Kier molecular flexibility index (Phi) is 5.66. The number of benzene rings is 1. The minimum absolute atomic E-state index is 0.270. The minimum Gasteiger partial charge on any atom is -0.378 e. The lowest BCUT2D eigenvalue weighted by atomic mass is 10.3. The van der Waals surface area contributed by atoms with Gasteiger partial charge >= 0.3 is 0 Å². The van der Waals surface area contributed by atoms with E-state index in [0.717, 1.165) is 24.7 Å². The molecule has 1 aromatic carbocycles. The number of halogens is 1. The third-order valence-electron chi connectivity index (χ3n) is 5.16. The summed E-state index contributed by atoms with van der Waals surface area (Å²) in [6.45, 7) is 6.26. The molecular weight excluding hydrogens is 397 g/mol. The highest BCUT2D eigenvalue weighted by molar-refractivity contribution is 7.89. The van der Waals surface area contributed by atoms with E-state index in [1.165, 1.54) is 28.6 Å². The molecule has 2 saturated heterocycles. The Bertz CT molecular complexity index is 974. The summed E-state index contributed by atoms with van der Waals surface area (Å²) < 4.78 is 46.3. The van der Waals surface area contributed by atoms with Gasteiger partial charge in [-0.15, -0.1) is 0 Å². The van der Waals surface area contributed by atoms with Crippen molar-refractivity contribution in [1.82, 2.24) is 14.3 Å². The number of anilines is 2. The summed E-state index contributed by atoms with van der Waals surface area (Å²) >= 11 is 0. The summed E-state index contributed by atoms with van der Waals surface area (Å²) in [6.07, 6.45) is 0. The quantitative estimate of drug-likeness (QED) is 0.736. The third-order valence-corrected chi connectivity index (χ3v) is 7.09. The van der Waals surface area contributed by atoms with E-state index in [1.807, 2.05) is 17.9 Å². The van der Waals surface area contributed by atoms with E-state index in [1.54, 1.807) is 0 Å². The van der Waals surface area contributed by atoms with Crippen molar-refractivity contribution in [1.29, 1.82) is 0 Å². The van der Waals surface area contributed by atoms with E-state index >= 15 is 0 Å². The molecule has 0 aliphatic carbocycles. The molecule has 8 nitrogen and oxygen atoms in total.